The average Bonchev–Trinajstić information content (AvgIpc) is 3.21. The molecule has 34 heavy (non-hydrogen) atoms. The van der Waals surface area contributed by atoms with Gasteiger partial charge in [0.25, 0.3) is 5.91 Å². The largest absolute Gasteiger partial charge is 0.497 e. The number of aromatic amines is 1. The molecule has 2 aliphatic heterocycles. The van der Waals surface area contributed by atoms with Gasteiger partial charge in [0.05, 0.1) is 13.0 Å². The first kappa shape index (κ1) is 24.3. The minimum Gasteiger partial charge on any atom is -0.497 e. The van der Waals surface area contributed by atoms with Gasteiger partial charge in [-0.25, -0.2) is 8.42 Å². The summed E-state index contributed by atoms with van der Waals surface area (Å²) in [6.07, 6.45) is 6.72. The Kier molecular flexibility index (Phi) is 7.57. The number of amides is 2. The molecule has 0 spiro atoms. The lowest BCUT2D eigenvalue weighted by atomic mass is 9.99. The third-order valence-electron chi connectivity index (χ3n) is 6.53. The Bertz CT molecular complexity index is 1100. The summed E-state index contributed by atoms with van der Waals surface area (Å²) in [5, 5.41) is 2.86. The zero-order chi connectivity index (χ0) is 24.1. The SMILES string of the molecule is COc1ccc(NC(=O)[C@H]2CCCN(S(=O)(=O)c3c[nH]c(C(=O)N4CCCCCC4)c3)C2)cc1. The highest BCUT2D eigenvalue weighted by Gasteiger charge is 2.34. The normalized spacial score (nSPS) is 19.9. The summed E-state index contributed by atoms with van der Waals surface area (Å²) in [7, 11) is -2.25. The number of sulfonamides is 1. The number of H-pyrrole nitrogens is 1. The number of rotatable bonds is 6. The van der Waals surface area contributed by atoms with Gasteiger partial charge in [-0.05, 0) is 56.0 Å². The van der Waals surface area contributed by atoms with Gasteiger partial charge in [0.15, 0.2) is 0 Å². The molecule has 0 aliphatic carbocycles. The topological polar surface area (TPSA) is 112 Å². The molecule has 3 heterocycles. The Balaban J connectivity index is 1.41. The van der Waals surface area contributed by atoms with E-state index >= 15 is 0 Å². The smallest absolute Gasteiger partial charge is 0.270 e. The molecule has 1 aromatic carbocycles. The monoisotopic (exact) mass is 488 g/mol. The molecule has 2 amide bonds. The predicted octanol–water partition coefficient (Wildman–Crippen LogP) is 3.08. The van der Waals surface area contributed by atoms with E-state index in [9.17, 15) is 18.0 Å². The van der Waals surface area contributed by atoms with E-state index in [-0.39, 0.29) is 28.9 Å². The van der Waals surface area contributed by atoms with Crippen molar-refractivity contribution in [3.05, 3.63) is 42.2 Å². The van der Waals surface area contributed by atoms with Crippen molar-refractivity contribution in [3.63, 3.8) is 0 Å². The highest BCUT2D eigenvalue weighted by molar-refractivity contribution is 7.89. The molecule has 2 aromatic rings. The van der Waals surface area contributed by atoms with Crippen molar-refractivity contribution in [2.24, 2.45) is 5.92 Å². The molecule has 0 radical (unpaired) electrons. The quantitative estimate of drug-likeness (QED) is 0.649. The van der Waals surface area contributed by atoms with Gasteiger partial charge in [-0.1, -0.05) is 12.8 Å². The Morgan fingerprint density at radius 2 is 1.74 bits per heavy atom. The van der Waals surface area contributed by atoms with Crippen molar-refractivity contribution in [1.29, 1.82) is 0 Å². The minimum absolute atomic E-state index is 0.0573. The molecule has 184 valence electrons. The van der Waals surface area contributed by atoms with Crippen LogP contribution in [0.25, 0.3) is 0 Å². The Labute approximate surface area is 200 Å². The summed E-state index contributed by atoms with van der Waals surface area (Å²) in [5.74, 6) is -0.147. The van der Waals surface area contributed by atoms with E-state index in [0.29, 0.717) is 43.9 Å². The summed E-state index contributed by atoms with van der Waals surface area (Å²) in [6.45, 7) is 1.83. The number of carbonyl (C=O) groups is 2. The Morgan fingerprint density at radius 3 is 2.41 bits per heavy atom. The molecule has 2 N–H and O–H groups in total. The molecule has 0 bridgehead atoms. The molecule has 0 saturated carbocycles. The van der Waals surface area contributed by atoms with Crippen molar-refractivity contribution >= 4 is 27.5 Å². The Hall–Kier alpha value is -2.85. The first-order chi connectivity index (χ1) is 16.4. The molecule has 10 heteroatoms. The predicted molar refractivity (Wildman–Crippen MR) is 128 cm³/mol. The number of nitrogens with one attached hydrogen (secondary N) is 2. The minimum atomic E-state index is -3.83. The molecule has 2 saturated heterocycles. The van der Waals surface area contributed by atoms with Crippen molar-refractivity contribution in [2.75, 3.05) is 38.6 Å². The van der Waals surface area contributed by atoms with Crippen LogP contribution < -0.4 is 10.1 Å². The lowest BCUT2D eigenvalue weighted by Crippen LogP contribution is -2.43. The third-order valence-corrected chi connectivity index (χ3v) is 8.37. The fourth-order valence-corrected chi connectivity index (χ4v) is 6.05. The third kappa shape index (κ3) is 5.44. The van der Waals surface area contributed by atoms with Crippen LogP contribution in [0.5, 0.6) is 5.75 Å². The van der Waals surface area contributed by atoms with E-state index in [1.54, 1.807) is 36.3 Å². The molecule has 2 aliphatic rings. The summed E-state index contributed by atoms with van der Waals surface area (Å²) >= 11 is 0. The maximum Gasteiger partial charge on any atom is 0.270 e. The molecular weight excluding hydrogens is 456 g/mol. The first-order valence-electron chi connectivity index (χ1n) is 11.8. The van der Waals surface area contributed by atoms with Gasteiger partial charge >= 0.3 is 0 Å². The number of carbonyl (C=O) groups excluding carboxylic acids is 2. The number of aromatic nitrogens is 1. The van der Waals surface area contributed by atoms with Crippen molar-refractivity contribution in [2.45, 2.75) is 43.4 Å². The molecular formula is C24H32N4O5S. The van der Waals surface area contributed by atoms with Crippen LogP contribution in [0.1, 0.15) is 49.0 Å². The van der Waals surface area contributed by atoms with Crippen LogP contribution in [-0.4, -0.2) is 67.7 Å². The lowest BCUT2D eigenvalue weighted by molar-refractivity contribution is -0.120. The number of likely N-dealkylation sites (tertiary alicyclic amines) is 1. The maximum atomic E-state index is 13.3. The van der Waals surface area contributed by atoms with Crippen LogP contribution in [0.15, 0.2) is 41.4 Å². The van der Waals surface area contributed by atoms with E-state index in [2.05, 4.69) is 10.3 Å². The summed E-state index contributed by atoms with van der Waals surface area (Å²) in [4.78, 5) is 30.4. The maximum absolute atomic E-state index is 13.3. The number of anilines is 1. The highest BCUT2D eigenvalue weighted by Crippen LogP contribution is 2.26. The van der Waals surface area contributed by atoms with Crippen molar-refractivity contribution < 1.29 is 22.7 Å². The summed E-state index contributed by atoms with van der Waals surface area (Å²) in [6, 6.07) is 8.42. The standard InChI is InChI=1S/C24H32N4O5S/c1-33-20-10-8-19(9-11-20)26-23(29)18-7-6-14-28(17-18)34(31,32)21-15-22(25-16-21)24(30)27-12-4-2-3-5-13-27/h8-11,15-16,18,25H,2-7,12-14,17H2,1H3,(H,26,29)/t18-/m0/s1. The summed E-state index contributed by atoms with van der Waals surface area (Å²) < 4.78 is 33.0. The fraction of sp³-hybridized carbons (Fsp3) is 0.500. The van der Waals surface area contributed by atoms with E-state index in [1.165, 1.54) is 16.6 Å². The fourth-order valence-electron chi connectivity index (χ4n) is 4.53. The van der Waals surface area contributed by atoms with Crippen LogP contribution in [0.3, 0.4) is 0 Å². The van der Waals surface area contributed by atoms with Gasteiger partial charge in [0.1, 0.15) is 16.3 Å². The second-order valence-corrected chi connectivity index (χ2v) is 10.8. The molecule has 1 atom stereocenters. The molecule has 4 rings (SSSR count). The van der Waals surface area contributed by atoms with Crippen LogP contribution in [0.2, 0.25) is 0 Å². The molecule has 1 aromatic heterocycles. The zero-order valence-electron chi connectivity index (χ0n) is 19.5. The Morgan fingerprint density at radius 1 is 1.03 bits per heavy atom. The van der Waals surface area contributed by atoms with Gasteiger partial charge < -0.3 is 19.9 Å². The van der Waals surface area contributed by atoms with Gasteiger partial charge in [-0.2, -0.15) is 4.31 Å². The lowest BCUT2D eigenvalue weighted by Gasteiger charge is -2.31. The van der Waals surface area contributed by atoms with Crippen LogP contribution in [0.4, 0.5) is 5.69 Å². The van der Waals surface area contributed by atoms with Crippen molar-refractivity contribution in [3.8, 4) is 5.75 Å². The van der Waals surface area contributed by atoms with E-state index in [4.69, 9.17) is 4.74 Å². The number of benzene rings is 1. The molecule has 2 fully saturated rings. The van der Waals surface area contributed by atoms with Gasteiger partial charge in [0.2, 0.25) is 15.9 Å². The number of piperidine rings is 1. The van der Waals surface area contributed by atoms with Crippen LogP contribution in [0, 0.1) is 5.92 Å². The first-order valence-corrected chi connectivity index (χ1v) is 13.3. The number of methoxy groups -OCH3 is 1. The summed E-state index contributed by atoms with van der Waals surface area (Å²) in [5.41, 5.74) is 0.916. The van der Waals surface area contributed by atoms with Gasteiger partial charge in [-0.3, -0.25) is 9.59 Å². The number of nitrogens with zero attached hydrogens (tertiary/aromatic N) is 2. The second-order valence-electron chi connectivity index (χ2n) is 8.88. The van der Waals surface area contributed by atoms with Crippen molar-refractivity contribution in [1.82, 2.24) is 14.2 Å². The highest BCUT2D eigenvalue weighted by atomic mass is 32.2. The number of ether oxygens (including phenoxy) is 1. The van der Waals surface area contributed by atoms with E-state index in [0.717, 1.165) is 25.7 Å². The van der Waals surface area contributed by atoms with Crippen LogP contribution >= 0.6 is 0 Å². The van der Waals surface area contributed by atoms with Gasteiger partial charge in [0, 0.05) is 38.1 Å². The number of hydrogen-bond donors (Lipinski definition) is 2. The molecule has 0 unspecified atom stereocenters. The molecule has 9 nitrogen and oxygen atoms in total. The van der Waals surface area contributed by atoms with Crippen LogP contribution in [-0.2, 0) is 14.8 Å². The number of hydrogen-bond acceptors (Lipinski definition) is 5. The average molecular weight is 489 g/mol. The van der Waals surface area contributed by atoms with E-state index in [1.807, 2.05) is 0 Å². The van der Waals surface area contributed by atoms with Gasteiger partial charge in [-0.15, -0.1) is 0 Å². The van der Waals surface area contributed by atoms with E-state index < -0.39 is 15.9 Å². The second kappa shape index (κ2) is 10.6. The zero-order valence-corrected chi connectivity index (χ0v) is 20.3.